The van der Waals surface area contributed by atoms with Crippen molar-refractivity contribution in [3.8, 4) is 0 Å². The average molecular weight is 260 g/mol. The molecule has 0 N–H and O–H groups in total. The predicted octanol–water partition coefficient (Wildman–Crippen LogP) is 3.84. The molecule has 19 heavy (non-hydrogen) atoms. The van der Waals surface area contributed by atoms with E-state index in [0.29, 0.717) is 6.61 Å². The molecule has 104 valence electrons. The predicted molar refractivity (Wildman–Crippen MR) is 78.0 cm³/mol. The molecule has 2 nitrogen and oxygen atoms in total. The molecule has 2 atom stereocenters. The van der Waals surface area contributed by atoms with Gasteiger partial charge in [-0.2, -0.15) is 0 Å². The molecular weight excluding hydrogens is 236 g/mol. The molecule has 2 rings (SSSR count). The molecular formula is C17H24O2. The maximum atomic E-state index is 12.8. The Balaban J connectivity index is 2.48. The van der Waals surface area contributed by atoms with Crippen molar-refractivity contribution in [2.24, 2.45) is 5.92 Å². The molecule has 0 amide bonds. The number of Topliss-reactive ketones (excluding diaryl/α,β-unsaturated/α-hetero) is 1. The Morgan fingerprint density at radius 1 is 0.947 bits per heavy atom. The molecule has 2 unspecified atom stereocenters. The summed E-state index contributed by atoms with van der Waals surface area (Å²) in [6.45, 7) is 13.1. The number of hydrogen-bond donors (Lipinski definition) is 0. The zero-order chi connectivity index (χ0) is 14.3. The normalized spacial score (nSPS) is 22.8. The van der Waals surface area contributed by atoms with Gasteiger partial charge in [0.2, 0.25) is 0 Å². The maximum Gasteiger partial charge on any atom is 0.168 e. The van der Waals surface area contributed by atoms with Crippen LogP contribution in [0.15, 0.2) is 0 Å². The third-order valence-electron chi connectivity index (χ3n) is 4.82. The van der Waals surface area contributed by atoms with Gasteiger partial charge in [-0.15, -0.1) is 0 Å². The fourth-order valence-electron chi connectivity index (χ4n) is 3.07. The van der Waals surface area contributed by atoms with Crippen LogP contribution in [0.4, 0.5) is 0 Å². The molecule has 0 aliphatic carbocycles. The SMILES string of the molecule is Cc1c(C)c(C)c(C(=O)C2COC(C)C2)c(C)c1C. The van der Waals surface area contributed by atoms with Crippen LogP contribution in [-0.2, 0) is 4.74 Å². The van der Waals surface area contributed by atoms with E-state index in [9.17, 15) is 4.79 Å². The molecule has 0 aromatic heterocycles. The first-order valence-corrected chi connectivity index (χ1v) is 7.07. The lowest BCUT2D eigenvalue weighted by atomic mass is 9.84. The van der Waals surface area contributed by atoms with Crippen LogP contribution < -0.4 is 0 Å². The number of ether oxygens (including phenoxy) is 1. The summed E-state index contributed by atoms with van der Waals surface area (Å²) >= 11 is 0. The summed E-state index contributed by atoms with van der Waals surface area (Å²) in [6, 6.07) is 0. The minimum atomic E-state index is 0.0360. The quantitative estimate of drug-likeness (QED) is 0.755. The van der Waals surface area contributed by atoms with Crippen LogP contribution in [0.3, 0.4) is 0 Å². The molecule has 1 aliphatic heterocycles. The van der Waals surface area contributed by atoms with Crippen molar-refractivity contribution in [2.75, 3.05) is 6.61 Å². The van der Waals surface area contributed by atoms with E-state index >= 15 is 0 Å². The summed E-state index contributed by atoms with van der Waals surface area (Å²) in [5.41, 5.74) is 7.03. The van der Waals surface area contributed by atoms with Crippen molar-refractivity contribution in [1.29, 1.82) is 0 Å². The highest BCUT2D eigenvalue weighted by atomic mass is 16.5. The topological polar surface area (TPSA) is 26.3 Å². The van der Waals surface area contributed by atoms with Crippen LogP contribution >= 0.6 is 0 Å². The lowest BCUT2D eigenvalue weighted by Gasteiger charge is -2.19. The summed E-state index contributed by atoms with van der Waals surface area (Å²) in [6.07, 6.45) is 1.06. The van der Waals surface area contributed by atoms with Crippen molar-refractivity contribution in [3.63, 3.8) is 0 Å². The van der Waals surface area contributed by atoms with Crippen LogP contribution in [0.25, 0.3) is 0 Å². The van der Waals surface area contributed by atoms with E-state index in [-0.39, 0.29) is 17.8 Å². The molecule has 0 saturated carbocycles. The van der Waals surface area contributed by atoms with Crippen molar-refractivity contribution >= 4 is 5.78 Å². The Bertz CT molecular complexity index is 500. The van der Waals surface area contributed by atoms with E-state index in [1.165, 1.54) is 16.7 Å². The van der Waals surface area contributed by atoms with Crippen LogP contribution in [0, 0.1) is 40.5 Å². The number of rotatable bonds is 2. The second-order valence-electron chi connectivity index (χ2n) is 5.94. The summed E-state index contributed by atoms with van der Waals surface area (Å²) in [7, 11) is 0. The smallest absolute Gasteiger partial charge is 0.168 e. The van der Waals surface area contributed by atoms with Crippen LogP contribution in [0.2, 0.25) is 0 Å². The molecule has 0 spiro atoms. The van der Waals surface area contributed by atoms with E-state index < -0.39 is 0 Å². The van der Waals surface area contributed by atoms with Crippen molar-refractivity contribution in [3.05, 3.63) is 33.4 Å². The highest BCUT2D eigenvalue weighted by Crippen LogP contribution is 2.31. The van der Waals surface area contributed by atoms with Crippen molar-refractivity contribution < 1.29 is 9.53 Å². The Hall–Kier alpha value is -1.15. The molecule has 2 heteroatoms. The fraction of sp³-hybridized carbons (Fsp3) is 0.588. The maximum absolute atomic E-state index is 12.8. The van der Waals surface area contributed by atoms with Gasteiger partial charge in [-0.25, -0.2) is 0 Å². The number of carbonyl (C=O) groups excluding carboxylic acids is 1. The van der Waals surface area contributed by atoms with Gasteiger partial charge in [0.25, 0.3) is 0 Å². The van der Waals surface area contributed by atoms with Gasteiger partial charge in [-0.05, 0) is 75.8 Å². The largest absolute Gasteiger partial charge is 0.378 e. The molecule has 0 radical (unpaired) electrons. The molecule has 1 saturated heterocycles. The van der Waals surface area contributed by atoms with Gasteiger partial charge >= 0.3 is 0 Å². The third-order valence-corrected chi connectivity index (χ3v) is 4.82. The molecule has 1 fully saturated rings. The van der Waals surface area contributed by atoms with E-state index in [0.717, 1.165) is 23.1 Å². The molecule has 1 heterocycles. The first-order chi connectivity index (χ1) is 8.84. The van der Waals surface area contributed by atoms with Gasteiger partial charge in [0.1, 0.15) is 0 Å². The Morgan fingerprint density at radius 2 is 1.42 bits per heavy atom. The fourth-order valence-corrected chi connectivity index (χ4v) is 3.07. The third kappa shape index (κ3) is 2.34. The molecule has 1 aromatic rings. The minimum absolute atomic E-state index is 0.0360. The average Bonchev–Trinajstić information content (AvgIpc) is 2.81. The lowest BCUT2D eigenvalue weighted by molar-refractivity contribution is 0.0876. The lowest BCUT2D eigenvalue weighted by Crippen LogP contribution is -2.19. The van der Waals surface area contributed by atoms with Crippen molar-refractivity contribution in [2.45, 2.75) is 54.1 Å². The zero-order valence-corrected chi connectivity index (χ0v) is 12.9. The van der Waals surface area contributed by atoms with E-state index in [1.54, 1.807) is 0 Å². The Morgan fingerprint density at radius 3 is 1.84 bits per heavy atom. The first kappa shape index (κ1) is 14.3. The van der Waals surface area contributed by atoms with E-state index in [4.69, 9.17) is 4.74 Å². The van der Waals surface area contributed by atoms with E-state index in [1.807, 2.05) is 6.92 Å². The molecule has 0 bridgehead atoms. The van der Waals surface area contributed by atoms with Crippen LogP contribution in [-0.4, -0.2) is 18.5 Å². The standard InChI is InChI=1S/C17H24O2/c1-9-7-15(8-19-9)17(18)16-13(5)11(3)10(2)12(4)14(16)6/h9,15H,7-8H2,1-6H3. The zero-order valence-electron chi connectivity index (χ0n) is 12.9. The molecule has 1 aromatic carbocycles. The highest BCUT2D eigenvalue weighted by molar-refractivity contribution is 6.01. The van der Waals surface area contributed by atoms with Gasteiger partial charge < -0.3 is 4.74 Å². The summed E-state index contributed by atoms with van der Waals surface area (Å²) in [5.74, 6) is 0.305. The number of hydrogen-bond acceptors (Lipinski definition) is 2. The number of carbonyl (C=O) groups is 1. The van der Waals surface area contributed by atoms with Gasteiger partial charge in [0, 0.05) is 11.5 Å². The summed E-state index contributed by atoms with van der Waals surface area (Å²) in [5, 5.41) is 0. The number of benzene rings is 1. The minimum Gasteiger partial charge on any atom is -0.378 e. The van der Waals surface area contributed by atoms with Gasteiger partial charge in [-0.3, -0.25) is 4.79 Å². The summed E-state index contributed by atoms with van der Waals surface area (Å²) in [4.78, 5) is 12.8. The van der Waals surface area contributed by atoms with Gasteiger partial charge in [0.05, 0.1) is 12.7 Å². The Kier molecular flexibility index (Phi) is 3.82. The van der Waals surface area contributed by atoms with Crippen molar-refractivity contribution in [1.82, 2.24) is 0 Å². The summed E-state index contributed by atoms with van der Waals surface area (Å²) < 4.78 is 5.55. The van der Waals surface area contributed by atoms with Crippen LogP contribution in [0.1, 0.15) is 51.5 Å². The monoisotopic (exact) mass is 260 g/mol. The van der Waals surface area contributed by atoms with Gasteiger partial charge in [-0.1, -0.05) is 0 Å². The second-order valence-corrected chi connectivity index (χ2v) is 5.94. The van der Waals surface area contributed by atoms with Gasteiger partial charge in [0.15, 0.2) is 5.78 Å². The van der Waals surface area contributed by atoms with E-state index in [2.05, 4.69) is 34.6 Å². The highest BCUT2D eigenvalue weighted by Gasteiger charge is 2.31. The first-order valence-electron chi connectivity index (χ1n) is 7.07. The molecule has 1 aliphatic rings. The number of ketones is 1. The van der Waals surface area contributed by atoms with Crippen LogP contribution in [0.5, 0.6) is 0 Å². The second kappa shape index (κ2) is 5.09. The Labute approximate surface area is 116 Å².